The van der Waals surface area contributed by atoms with Crippen LogP contribution in [0.5, 0.6) is 0 Å². The smallest absolute Gasteiger partial charge is 0.227 e. The van der Waals surface area contributed by atoms with Crippen molar-refractivity contribution in [1.29, 1.82) is 0 Å². The fourth-order valence-corrected chi connectivity index (χ4v) is 2.98. The highest BCUT2D eigenvalue weighted by Crippen LogP contribution is 2.23. The Kier molecular flexibility index (Phi) is 5.19. The van der Waals surface area contributed by atoms with Crippen molar-refractivity contribution < 1.29 is 14.3 Å². The molecule has 4 nitrogen and oxygen atoms in total. The first kappa shape index (κ1) is 16.2. The fourth-order valence-electron chi connectivity index (χ4n) is 2.75. The van der Waals surface area contributed by atoms with Crippen molar-refractivity contribution in [2.75, 3.05) is 27.2 Å². The molecule has 1 aromatic carbocycles. The van der Waals surface area contributed by atoms with Gasteiger partial charge in [-0.25, -0.2) is 4.39 Å². The molecule has 2 rings (SSSR count). The Morgan fingerprint density at radius 3 is 2.86 bits per heavy atom. The largest absolute Gasteiger partial charge is 0.391 e. The van der Waals surface area contributed by atoms with E-state index in [0.29, 0.717) is 19.5 Å². The molecule has 0 aliphatic carbocycles. The molecule has 1 fully saturated rings. The molecule has 0 aromatic heterocycles. The molecule has 1 heterocycles. The van der Waals surface area contributed by atoms with E-state index in [9.17, 15) is 14.3 Å². The van der Waals surface area contributed by atoms with E-state index in [1.807, 2.05) is 19.0 Å². The van der Waals surface area contributed by atoms with Gasteiger partial charge in [-0.3, -0.25) is 4.79 Å². The molecule has 1 aromatic rings. The number of rotatable bonds is 4. The van der Waals surface area contributed by atoms with E-state index in [0.717, 1.165) is 0 Å². The first-order chi connectivity index (χ1) is 9.88. The zero-order chi connectivity index (χ0) is 15.6. The van der Waals surface area contributed by atoms with Gasteiger partial charge < -0.3 is 14.9 Å². The Morgan fingerprint density at radius 2 is 2.24 bits per heavy atom. The highest BCUT2D eigenvalue weighted by molar-refractivity contribution is 6.31. The normalized spacial score (nSPS) is 22.1. The highest BCUT2D eigenvalue weighted by Gasteiger charge is 2.34. The molecular formula is C15H20ClFN2O2. The first-order valence-corrected chi connectivity index (χ1v) is 7.31. The third-order valence-corrected chi connectivity index (χ3v) is 4.03. The van der Waals surface area contributed by atoms with Crippen molar-refractivity contribution in [3.05, 3.63) is 34.6 Å². The number of nitrogens with zero attached hydrogens (tertiary/aromatic N) is 2. The van der Waals surface area contributed by atoms with Gasteiger partial charge in [0.1, 0.15) is 5.82 Å². The number of benzene rings is 1. The Bertz CT molecular complexity index is 504. The van der Waals surface area contributed by atoms with Crippen LogP contribution in [0.25, 0.3) is 0 Å². The second kappa shape index (κ2) is 6.73. The first-order valence-electron chi connectivity index (χ1n) is 6.93. The molecule has 1 N–H and O–H groups in total. The van der Waals surface area contributed by atoms with Crippen LogP contribution in [0, 0.1) is 5.82 Å². The van der Waals surface area contributed by atoms with E-state index in [-0.39, 0.29) is 29.0 Å². The molecule has 0 saturated carbocycles. The lowest BCUT2D eigenvalue weighted by Crippen LogP contribution is -2.42. The van der Waals surface area contributed by atoms with Crippen LogP contribution in [-0.2, 0) is 11.2 Å². The maximum Gasteiger partial charge on any atom is 0.227 e. The van der Waals surface area contributed by atoms with Gasteiger partial charge >= 0.3 is 0 Å². The number of β-amino-alcohol motifs (C(OH)–C–C–N with tert-alkyl or cyclic N) is 1. The number of aliphatic hydroxyl groups is 1. The summed E-state index contributed by atoms with van der Waals surface area (Å²) in [6.07, 6.45) is -0.0492. The third kappa shape index (κ3) is 3.93. The third-order valence-electron chi connectivity index (χ3n) is 3.68. The van der Waals surface area contributed by atoms with Crippen LogP contribution in [0.2, 0.25) is 5.02 Å². The summed E-state index contributed by atoms with van der Waals surface area (Å²) >= 11 is 5.96. The van der Waals surface area contributed by atoms with Gasteiger partial charge in [0.15, 0.2) is 0 Å². The summed E-state index contributed by atoms with van der Waals surface area (Å²) in [5, 5.41) is 10.1. The predicted octanol–water partition coefficient (Wildman–Crippen LogP) is 1.54. The van der Waals surface area contributed by atoms with Crippen molar-refractivity contribution in [3.8, 4) is 0 Å². The van der Waals surface area contributed by atoms with E-state index in [1.165, 1.54) is 12.1 Å². The summed E-state index contributed by atoms with van der Waals surface area (Å²) < 4.78 is 13.8. The standard InChI is InChI=1S/C15H20ClFN2O2/c1-18(2)8-10-6-11(20)9-19(10)15(21)7-12-13(16)4-3-5-14(12)17/h3-5,10-11,20H,6-9H2,1-2H3. The number of carbonyl (C=O) groups excluding carboxylic acids is 1. The lowest BCUT2D eigenvalue weighted by molar-refractivity contribution is -0.131. The van der Waals surface area contributed by atoms with Gasteiger partial charge in [-0.2, -0.15) is 0 Å². The van der Waals surface area contributed by atoms with Crippen molar-refractivity contribution in [1.82, 2.24) is 9.80 Å². The minimum Gasteiger partial charge on any atom is -0.391 e. The number of hydrogen-bond acceptors (Lipinski definition) is 3. The van der Waals surface area contributed by atoms with Crippen molar-refractivity contribution >= 4 is 17.5 Å². The van der Waals surface area contributed by atoms with Crippen molar-refractivity contribution in [2.45, 2.75) is 25.0 Å². The van der Waals surface area contributed by atoms with E-state index < -0.39 is 11.9 Å². The molecule has 0 bridgehead atoms. The number of halogens is 2. The van der Waals surface area contributed by atoms with E-state index >= 15 is 0 Å². The summed E-state index contributed by atoms with van der Waals surface area (Å²) in [4.78, 5) is 16.0. The van der Waals surface area contributed by atoms with Crippen LogP contribution >= 0.6 is 11.6 Å². The molecule has 1 aliphatic heterocycles. The minimum absolute atomic E-state index is 0.0481. The lowest BCUT2D eigenvalue weighted by Gasteiger charge is -2.27. The molecule has 6 heteroatoms. The SMILES string of the molecule is CN(C)CC1CC(O)CN1C(=O)Cc1c(F)cccc1Cl. The summed E-state index contributed by atoms with van der Waals surface area (Å²) in [7, 11) is 3.84. The number of likely N-dealkylation sites (N-methyl/N-ethyl adjacent to an activating group) is 1. The molecule has 1 saturated heterocycles. The Hall–Kier alpha value is -1.17. The molecule has 1 aliphatic rings. The van der Waals surface area contributed by atoms with Crippen LogP contribution in [0.4, 0.5) is 4.39 Å². The molecule has 2 unspecified atom stereocenters. The molecule has 1 amide bonds. The fraction of sp³-hybridized carbons (Fsp3) is 0.533. The second-order valence-electron chi connectivity index (χ2n) is 5.73. The van der Waals surface area contributed by atoms with Crippen LogP contribution in [0.1, 0.15) is 12.0 Å². The average molecular weight is 315 g/mol. The second-order valence-corrected chi connectivity index (χ2v) is 6.14. The summed E-state index contributed by atoms with van der Waals surface area (Å²) in [5.41, 5.74) is 0.217. The Morgan fingerprint density at radius 1 is 1.52 bits per heavy atom. The number of hydrogen-bond donors (Lipinski definition) is 1. The van der Waals surface area contributed by atoms with Gasteiger partial charge in [-0.05, 0) is 32.6 Å². The number of carbonyl (C=O) groups is 1. The molecule has 116 valence electrons. The zero-order valence-corrected chi connectivity index (χ0v) is 13.0. The Balaban J connectivity index is 2.11. The van der Waals surface area contributed by atoms with Gasteiger partial charge in [0.25, 0.3) is 0 Å². The van der Waals surface area contributed by atoms with Crippen LogP contribution < -0.4 is 0 Å². The van der Waals surface area contributed by atoms with Gasteiger partial charge in [-0.15, -0.1) is 0 Å². The van der Waals surface area contributed by atoms with Gasteiger partial charge in [0, 0.05) is 29.7 Å². The summed E-state index contributed by atoms with van der Waals surface area (Å²) in [6, 6.07) is 4.33. The molecule has 0 spiro atoms. The lowest BCUT2D eigenvalue weighted by atomic mass is 10.1. The van der Waals surface area contributed by atoms with E-state index in [4.69, 9.17) is 11.6 Å². The molecule has 2 atom stereocenters. The number of amides is 1. The van der Waals surface area contributed by atoms with Crippen LogP contribution in [0.15, 0.2) is 18.2 Å². The van der Waals surface area contributed by atoms with E-state index in [1.54, 1.807) is 11.0 Å². The highest BCUT2D eigenvalue weighted by atomic mass is 35.5. The minimum atomic E-state index is -0.519. The van der Waals surface area contributed by atoms with Crippen molar-refractivity contribution in [2.24, 2.45) is 0 Å². The summed E-state index contributed by atoms with van der Waals surface area (Å²) in [6.45, 7) is 0.969. The van der Waals surface area contributed by atoms with Crippen molar-refractivity contribution in [3.63, 3.8) is 0 Å². The maximum absolute atomic E-state index is 13.8. The number of likely N-dealkylation sites (tertiary alicyclic amines) is 1. The average Bonchev–Trinajstić information content (AvgIpc) is 2.74. The van der Waals surface area contributed by atoms with Gasteiger partial charge in [0.2, 0.25) is 5.91 Å². The molecule has 0 radical (unpaired) electrons. The quantitative estimate of drug-likeness (QED) is 0.917. The molecule has 21 heavy (non-hydrogen) atoms. The van der Waals surface area contributed by atoms with Gasteiger partial charge in [-0.1, -0.05) is 17.7 Å². The topological polar surface area (TPSA) is 43.8 Å². The van der Waals surface area contributed by atoms with E-state index in [2.05, 4.69) is 0 Å². The van der Waals surface area contributed by atoms with Gasteiger partial charge in [0.05, 0.1) is 12.5 Å². The Labute approximate surface area is 129 Å². The maximum atomic E-state index is 13.8. The summed E-state index contributed by atoms with van der Waals surface area (Å²) in [5.74, 6) is -0.676. The van der Waals surface area contributed by atoms with Crippen LogP contribution in [-0.4, -0.2) is 60.1 Å². The monoisotopic (exact) mass is 314 g/mol. The number of aliphatic hydroxyl groups excluding tert-OH is 1. The zero-order valence-electron chi connectivity index (χ0n) is 12.2. The van der Waals surface area contributed by atoms with Crippen LogP contribution in [0.3, 0.4) is 0 Å². The molecular weight excluding hydrogens is 295 g/mol. The predicted molar refractivity (Wildman–Crippen MR) is 79.8 cm³/mol.